The predicted molar refractivity (Wildman–Crippen MR) is 77.5 cm³/mol. The summed E-state index contributed by atoms with van der Waals surface area (Å²) in [6, 6.07) is 5.08. The van der Waals surface area contributed by atoms with Crippen LogP contribution in [-0.2, 0) is 11.3 Å². The summed E-state index contributed by atoms with van der Waals surface area (Å²) in [5.74, 6) is 0.00825. The van der Waals surface area contributed by atoms with Crippen LogP contribution in [0.2, 0.25) is 0 Å². The van der Waals surface area contributed by atoms with E-state index in [1.54, 1.807) is 23.1 Å². The standard InChI is InChI=1S/C16H21FN2O2/c1-21-13-4-2-3-12(15(13)17)10-19-11-16(9-14(19)20)5-7-18-8-6-16/h2-4,18H,5-11H2,1H3. The number of hydrogen-bond donors (Lipinski definition) is 1. The molecule has 2 heterocycles. The third-order valence-corrected chi connectivity index (χ3v) is 4.69. The molecule has 0 saturated carbocycles. The predicted octanol–water partition coefficient (Wildman–Crippen LogP) is 1.94. The number of benzene rings is 1. The molecule has 0 aromatic heterocycles. The van der Waals surface area contributed by atoms with E-state index >= 15 is 0 Å². The summed E-state index contributed by atoms with van der Waals surface area (Å²) >= 11 is 0. The summed E-state index contributed by atoms with van der Waals surface area (Å²) in [6.45, 7) is 3.00. The number of carbonyl (C=O) groups is 1. The zero-order valence-corrected chi connectivity index (χ0v) is 12.3. The number of hydrogen-bond acceptors (Lipinski definition) is 3. The minimum Gasteiger partial charge on any atom is -0.494 e. The first-order valence-corrected chi connectivity index (χ1v) is 7.43. The van der Waals surface area contributed by atoms with Crippen LogP contribution in [0, 0.1) is 11.2 Å². The van der Waals surface area contributed by atoms with Crippen molar-refractivity contribution in [3.05, 3.63) is 29.6 Å². The topological polar surface area (TPSA) is 41.6 Å². The Bertz CT molecular complexity index is 541. The highest BCUT2D eigenvalue weighted by Crippen LogP contribution is 2.40. The van der Waals surface area contributed by atoms with Gasteiger partial charge in [0.2, 0.25) is 5.91 Å². The van der Waals surface area contributed by atoms with Crippen LogP contribution in [-0.4, -0.2) is 37.6 Å². The number of nitrogens with zero attached hydrogens (tertiary/aromatic N) is 1. The van der Waals surface area contributed by atoms with Crippen LogP contribution in [0.1, 0.15) is 24.8 Å². The fourth-order valence-electron chi connectivity index (χ4n) is 3.46. The first-order chi connectivity index (χ1) is 10.1. The fraction of sp³-hybridized carbons (Fsp3) is 0.562. The molecule has 4 nitrogen and oxygen atoms in total. The van der Waals surface area contributed by atoms with Gasteiger partial charge in [0.05, 0.1) is 7.11 Å². The third kappa shape index (κ3) is 2.75. The molecule has 5 heteroatoms. The minimum atomic E-state index is -0.362. The molecule has 2 saturated heterocycles. The molecule has 0 aliphatic carbocycles. The van der Waals surface area contributed by atoms with Crippen LogP contribution in [0.4, 0.5) is 4.39 Å². The maximum atomic E-state index is 14.2. The second-order valence-corrected chi connectivity index (χ2v) is 6.11. The summed E-state index contributed by atoms with van der Waals surface area (Å²) in [4.78, 5) is 14.1. The molecule has 0 atom stereocenters. The van der Waals surface area contributed by atoms with Gasteiger partial charge in [-0.1, -0.05) is 12.1 Å². The summed E-state index contributed by atoms with van der Waals surface area (Å²) in [6.07, 6.45) is 2.64. The van der Waals surface area contributed by atoms with E-state index in [4.69, 9.17) is 4.74 Å². The van der Waals surface area contributed by atoms with Gasteiger partial charge < -0.3 is 15.0 Å². The fourth-order valence-corrected chi connectivity index (χ4v) is 3.46. The molecule has 0 bridgehead atoms. The molecule has 1 amide bonds. The molecule has 2 aliphatic rings. The van der Waals surface area contributed by atoms with E-state index in [1.165, 1.54) is 7.11 Å². The van der Waals surface area contributed by atoms with Gasteiger partial charge in [-0.25, -0.2) is 4.39 Å². The Kier molecular flexibility index (Phi) is 3.85. The molecule has 114 valence electrons. The normalized spacial score (nSPS) is 21.0. The zero-order chi connectivity index (χ0) is 14.9. The van der Waals surface area contributed by atoms with Crippen molar-refractivity contribution in [2.45, 2.75) is 25.8 Å². The van der Waals surface area contributed by atoms with E-state index in [-0.39, 0.29) is 22.9 Å². The van der Waals surface area contributed by atoms with Crippen molar-refractivity contribution in [1.29, 1.82) is 0 Å². The van der Waals surface area contributed by atoms with Gasteiger partial charge in [0, 0.05) is 25.1 Å². The van der Waals surface area contributed by atoms with E-state index in [0.717, 1.165) is 32.5 Å². The Morgan fingerprint density at radius 3 is 2.86 bits per heavy atom. The van der Waals surface area contributed by atoms with Crippen LogP contribution >= 0.6 is 0 Å². The smallest absolute Gasteiger partial charge is 0.223 e. The van der Waals surface area contributed by atoms with Gasteiger partial charge >= 0.3 is 0 Å². The Balaban J connectivity index is 1.75. The summed E-state index contributed by atoms with van der Waals surface area (Å²) < 4.78 is 19.2. The molecule has 2 fully saturated rings. The van der Waals surface area contributed by atoms with Crippen molar-refractivity contribution in [3.63, 3.8) is 0 Å². The lowest BCUT2D eigenvalue weighted by atomic mass is 9.78. The molecule has 21 heavy (non-hydrogen) atoms. The minimum absolute atomic E-state index is 0.0949. The lowest BCUT2D eigenvalue weighted by Gasteiger charge is -2.33. The second kappa shape index (κ2) is 5.64. The molecule has 1 N–H and O–H groups in total. The van der Waals surface area contributed by atoms with Gasteiger partial charge in [0.25, 0.3) is 0 Å². The number of rotatable bonds is 3. The van der Waals surface area contributed by atoms with E-state index in [1.807, 2.05) is 0 Å². The number of likely N-dealkylation sites (tertiary alicyclic amines) is 1. The first-order valence-electron chi connectivity index (χ1n) is 7.43. The lowest BCUT2D eigenvalue weighted by Crippen LogP contribution is -2.38. The van der Waals surface area contributed by atoms with Crippen molar-refractivity contribution in [3.8, 4) is 5.75 Å². The number of nitrogens with one attached hydrogen (secondary N) is 1. The summed E-state index contributed by atoms with van der Waals surface area (Å²) in [5.41, 5.74) is 0.617. The number of ether oxygens (including phenoxy) is 1. The van der Waals surface area contributed by atoms with Gasteiger partial charge in [-0.2, -0.15) is 0 Å². The van der Waals surface area contributed by atoms with Gasteiger partial charge in [0.1, 0.15) is 0 Å². The molecule has 0 radical (unpaired) electrons. The third-order valence-electron chi connectivity index (χ3n) is 4.69. The molecular weight excluding hydrogens is 271 g/mol. The number of amides is 1. The average molecular weight is 292 g/mol. The van der Waals surface area contributed by atoms with Crippen LogP contribution in [0.3, 0.4) is 0 Å². The van der Waals surface area contributed by atoms with E-state index in [0.29, 0.717) is 18.5 Å². The Labute approximate surface area is 124 Å². The molecular formula is C16H21FN2O2. The van der Waals surface area contributed by atoms with Crippen molar-refractivity contribution >= 4 is 5.91 Å². The molecule has 1 spiro atoms. The Hall–Kier alpha value is -1.62. The van der Waals surface area contributed by atoms with Crippen LogP contribution < -0.4 is 10.1 Å². The zero-order valence-electron chi connectivity index (χ0n) is 12.3. The van der Waals surface area contributed by atoms with Gasteiger partial charge in [-0.15, -0.1) is 0 Å². The molecule has 1 aromatic rings. The van der Waals surface area contributed by atoms with Gasteiger partial charge in [0.15, 0.2) is 11.6 Å². The monoisotopic (exact) mass is 292 g/mol. The largest absolute Gasteiger partial charge is 0.494 e. The Morgan fingerprint density at radius 2 is 2.14 bits per heavy atom. The van der Waals surface area contributed by atoms with Gasteiger partial charge in [-0.05, 0) is 37.4 Å². The highest BCUT2D eigenvalue weighted by molar-refractivity contribution is 5.79. The maximum Gasteiger partial charge on any atom is 0.223 e. The van der Waals surface area contributed by atoms with Gasteiger partial charge in [-0.3, -0.25) is 4.79 Å². The number of carbonyl (C=O) groups excluding carboxylic acids is 1. The average Bonchev–Trinajstić information content (AvgIpc) is 2.77. The number of methoxy groups -OCH3 is 1. The van der Waals surface area contributed by atoms with Crippen LogP contribution in [0.5, 0.6) is 5.75 Å². The van der Waals surface area contributed by atoms with E-state index in [2.05, 4.69) is 5.32 Å². The number of halogens is 1. The van der Waals surface area contributed by atoms with E-state index in [9.17, 15) is 9.18 Å². The Morgan fingerprint density at radius 1 is 1.38 bits per heavy atom. The highest BCUT2D eigenvalue weighted by atomic mass is 19.1. The maximum absolute atomic E-state index is 14.2. The van der Waals surface area contributed by atoms with Crippen molar-refractivity contribution < 1.29 is 13.9 Å². The quantitative estimate of drug-likeness (QED) is 0.925. The number of piperidine rings is 1. The van der Waals surface area contributed by atoms with Crippen molar-refractivity contribution in [2.24, 2.45) is 5.41 Å². The van der Waals surface area contributed by atoms with Crippen LogP contribution in [0.15, 0.2) is 18.2 Å². The molecule has 2 aliphatic heterocycles. The molecule has 3 rings (SSSR count). The SMILES string of the molecule is COc1cccc(CN2CC3(CCNCC3)CC2=O)c1F. The first kappa shape index (κ1) is 14.3. The second-order valence-electron chi connectivity index (χ2n) is 6.11. The van der Waals surface area contributed by atoms with Crippen molar-refractivity contribution in [1.82, 2.24) is 10.2 Å². The highest BCUT2D eigenvalue weighted by Gasteiger charge is 2.43. The van der Waals surface area contributed by atoms with Crippen molar-refractivity contribution in [2.75, 3.05) is 26.7 Å². The lowest BCUT2D eigenvalue weighted by molar-refractivity contribution is -0.128. The molecule has 1 aromatic carbocycles. The van der Waals surface area contributed by atoms with E-state index < -0.39 is 0 Å². The summed E-state index contributed by atoms with van der Waals surface area (Å²) in [7, 11) is 1.45. The van der Waals surface area contributed by atoms with Crippen LogP contribution in [0.25, 0.3) is 0 Å². The summed E-state index contributed by atoms with van der Waals surface area (Å²) in [5, 5.41) is 3.33. The molecule has 0 unspecified atom stereocenters.